The molecular weight excluding hydrogens is 508 g/mol. The van der Waals surface area contributed by atoms with Crippen LogP contribution in [-0.2, 0) is 0 Å². The lowest BCUT2D eigenvalue weighted by Gasteiger charge is -2.38. The molecule has 4 aromatic rings. The molecule has 0 radical (unpaired) electrons. The molecule has 39 heavy (non-hydrogen) atoms. The molecule has 4 aromatic carbocycles. The number of anilines is 1. The quantitative estimate of drug-likeness (QED) is 0.268. The highest BCUT2D eigenvalue weighted by Crippen LogP contribution is 2.37. The number of hydrogen-bond acceptors (Lipinski definition) is 5. The summed E-state index contributed by atoms with van der Waals surface area (Å²) >= 11 is 6.20. The van der Waals surface area contributed by atoms with E-state index in [2.05, 4.69) is 5.43 Å². The van der Waals surface area contributed by atoms with Crippen molar-refractivity contribution in [1.82, 2.24) is 10.4 Å². The van der Waals surface area contributed by atoms with E-state index in [4.69, 9.17) is 16.7 Å². The predicted molar refractivity (Wildman–Crippen MR) is 156 cm³/mol. The first-order valence-electron chi connectivity index (χ1n) is 13.4. The van der Waals surface area contributed by atoms with Crippen molar-refractivity contribution in [3.05, 3.63) is 113 Å². The van der Waals surface area contributed by atoms with Gasteiger partial charge in [-0.15, -0.1) is 5.10 Å². The Bertz CT molecular complexity index is 1530. The zero-order chi connectivity index (χ0) is 26.8. The first-order chi connectivity index (χ1) is 19.1. The molecule has 1 fully saturated rings. The fourth-order valence-electron chi connectivity index (χ4n) is 5.59. The fourth-order valence-corrected chi connectivity index (χ4v) is 5.71. The number of nitrogens with zero attached hydrogens (tertiary/aromatic N) is 3. The number of nitrogens with one attached hydrogen (secondary N) is 1. The van der Waals surface area contributed by atoms with Gasteiger partial charge in [-0.2, -0.15) is 0 Å². The van der Waals surface area contributed by atoms with E-state index in [-0.39, 0.29) is 29.6 Å². The van der Waals surface area contributed by atoms with Crippen molar-refractivity contribution in [1.29, 1.82) is 0 Å². The summed E-state index contributed by atoms with van der Waals surface area (Å²) in [7, 11) is 0. The minimum Gasteiger partial charge on any atom is -0.285 e. The van der Waals surface area contributed by atoms with Gasteiger partial charge in [0.05, 0.1) is 5.69 Å². The Labute approximate surface area is 232 Å². The third kappa shape index (κ3) is 5.12. The zero-order valence-electron chi connectivity index (χ0n) is 21.5. The summed E-state index contributed by atoms with van der Waals surface area (Å²) in [6.07, 6.45) is 5.01. The van der Waals surface area contributed by atoms with E-state index in [1.807, 2.05) is 89.9 Å². The van der Waals surface area contributed by atoms with Crippen molar-refractivity contribution in [2.24, 2.45) is 11.0 Å². The molecule has 0 bridgehead atoms. The second kappa shape index (κ2) is 10.9. The molecule has 2 aliphatic rings. The van der Waals surface area contributed by atoms with Crippen molar-refractivity contribution in [3.63, 3.8) is 0 Å². The normalized spacial score (nSPS) is 17.8. The molecule has 1 aliphatic carbocycles. The number of Topliss-reactive ketones (excluding diaryl/α,β-unsaturated/α-hetero) is 1. The first kappa shape index (κ1) is 25.1. The van der Waals surface area contributed by atoms with Crippen LogP contribution in [0, 0.1) is 5.92 Å². The molecule has 6 nitrogen and oxygen atoms in total. The van der Waals surface area contributed by atoms with E-state index in [0.29, 0.717) is 16.1 Å². The van der Waals surface area contributed by atoms with Crippen LogP contribution >= 0.6 is 11.6 Å². The highest BCUT2D eigenvalue weighted by atomic mass is 35.5. The maximum absolute atomic E-state index is 14.1. The molecule has 6 rings (SSSR count). The van der Waals surface area contributed by atoms with Gasteiger partial charge in [0.1, 0.15) is 6.17 Å². The van der Waals surface area contributed by atoms with E-state index in [1.165, 1.54) is 6.42 Å². The molecule has 1 N–H and O–H groups in total. The van der Waals surface area contributed by atoms with Gasteiger partial charge < -0.3 is 0 Å². The standard InChI is InChI=1S/C32H29ClN4O2/c33-27-17-19-28(20-18-27)36-32(24-12-5-2-6-13-24)37(35-31(39)23-10-3-1-4-11-23)30(34-36)29(38)26-16-15-22-9-7-8-14-25(22)21-26/h1,3-4,7-11,14-21,24,32H,2,5-6,12-13H2,(H,35,39). The third-order valence-corrected chi connectivity index (χ3v) is 7.83. The Balaban J connectivity index is 1.44. The Morgan fingerprint density at radius 3 is 2.21 bits per heavy atom. The molecule has 0 aromatic heterocycles. The molecular formula is C32H29ClN4O2. The van der Waals surface area contributed by atoms with E-state index >= 15 is 0 Å². The Hall–Kier alpha value is -4.16. The molecule has 7 heteroatoms. The molecule has 1 amide bonds. The van der Waals surface area contributed by atoms with Crippen LogP contribution in [0.3, 0.4) is 0 Å². The van der Waals surface area contributed by atoms with E-state index < -0.39 is 0 Å². The van der Waals surface area contributed by atoms with Crippen LogP contribution in [0.1, 0.15) is 52.8 Å². The molecule has 1 atom stereocenters. The van der Waals surface area contributed by atoms with Gasteiger partial charge in [-0.25, -0.2) is 10.0 Å². The number of carbonyl (C=O) groups excluding carboxylic acids is 2. The van der Waals surface area contributed by atoms with E-state index in [9.17, 15) is 9.59 Å². The van der Waals surface area contributed by atoms with Crippen molar-refractivity contribution in [2.75, 3.05) is 5.01 Å². The average molecular weight is 537 g/mol. The largest absolute Gasteiger partial charge is 0.285 e. The monoisotopic (exact) mass is 536 g/mol. The van der Waals surface area contributed by atoms with Crippen LogP contribution in [0.25, 0.3) is 10.8 Å². The van der Waals surface area contributed by atoms with Gasteiger partial charge >= 0.3 is 0 Å². The third-order valence-electron chi connectivity index (χ3n) is 7.58. The Morgan fingerprint density at radius 2 is 1.46 bits per heavy atom. The van der Waals surface area contributed by atoms with Gasteiger partial charge in [-0.1, -0.05) is 85.5 Å². The molecule has 0 spiro atoms. The number of amidine groups is 1. The number of hydrazone groups is 1. The SMILES string of the molecule is O=C(NN1C(C(=O)c2ccc3ccccc3c2)=NN(c2ccc(Cl)cc2)C1C1CCCCC1)c1ccccc1. The van der Waals surface area contributed by atoms with Crippen LogP contribution in [0.15, 0.2) is 102 Å². The Morgan fingerprint density at radius 1 is 0.769 bits per heavy atom. The second-order valence-electron chi connectivity index (χ2n) is 10.1. The number of benzene rings is 4. The van der Waals surface area contributed by atoms with E-state index in [0.717, 1.165) is 42.1 Å². The van der Waals surface area contributed by atoms with Gasteiger partial charge in [0.2, 0.25) is 11.6 Å². The zero-order valence-corrected chi connectivity index (χ0v) is 22.2. The fraction of sp³-hybridized carbons (Fsp3) is 0.219. The summed E-state index contributed by atoms with van der Waals surface area (Å²) in [4.78, 5) is 27.5. The minimum absolute atomic E-state index is 0.195. The first-order valence-corrected chi connectivity index (χ1v) is 13.8. The summed E-state index contributed by atoms with van der Waals surface area (Å²) in [6, 6.07) is 30.1. The van der Waals surface area contributed by atoms with Gasteiger partial charge in [0.25, 0.3) is 5.91 Å². The molecule has 1 saturated carbocycles. The summed E-state index contributed by atoms with van der Waals surface area (Å²) in [5.41, 5.74) is 4.92. The minimum atomic E-state index is -0.349. The number of hydrazine groups is 1. The number of fused-ring (bicyclic) bond motifs is 1. The van der Waals surface area contributed by atoms with Crippen LogP contribution in [0.4, 0.5) is 5.69 Å². The smallest absolute Gasteiger partial charge is 0.269 e. The molecule has 0 saturated heterocycles. The summed E-state index contributed by atoms with van der Waals surface area (Å²) in [5, 5.41) is 11.1. The lowest BCUT2D eigenvalue weighted by atomic mass is 9.86. The summed E-state index contributed by atoms with van der Waals surface area (Å²) in [6.45, 7) is 0. The number of halogens is 1. The van der Waals surface area contributed by atoms with Gasteiger partial charge in [-0.3, -0.25) is 15.0 Å². The topological polar surface area (TPSA) is 65.0 Å². The van der Waals surface area contributed by atoms with Crippen molar-refractivity contribution in [2.45, 2.75) is 38.3 Å². The maximum Gasteiger partial charge on any atom is 0.269 e. The molecule has 1 aliphatic heterocycles. The highest BCUT2D eigenvalue weighted by Gasteiger charge is 2.44. The number of carbonyl (C=O) groups is 2. The highest BCUT2D eigenvalue weighted by molar-refractivity contribution is 6.46. The number of hydrogen-bond donors (Lipinski definition) is 1. The maximum atomic E-state index is 14.1. The molecule has 196 valence electrons. The summed E-state index contributed by atoms with van der Waals surface area (Å²) < 4.78 is 0. The van der Waals surface area contributed by atoms with Crippen LogP contribution in [0.2, 0.25) is 5.02 Å². The van der Waals surface area contributed by atoms with E-state index in [1.54, 1.807) is 17.1 Å². The van der Waals surface area contributed by atoms with Crippen molar-refractivity contribution >= 4 is 45.6 Å². The Kier molecular flexibility index (Phi) is 7.03. The lowest BCUT2D eigenvalue weighted by Crippen LogP contribution is -2.57. The van der Waals surface area contributed by atoms with Crippen LogP contribution in [-0.4, -0.2) is 28.7 Å². The second-order valence-corrected chi connectivity index (χ2v) is 10.6. The molecule has 1 unspecified atom stereocenters. The number of amides is 1. The van der Waals surface area contributed by atoms with Gasteiger partial charge in [0.15, 0.2) is 0 Å². The van der Waals surface area contributed by atoms with Crippen LogP contribution < -0.4 is 10.4 Å². The van der Waals surface area contributed by atoms with Crippen molar-refractivity contribution in [3.8, 4) is 0 Å². The predicted octanol–water partition coefficient (Wildman–Crippen LogP) is 7.06. The van der Waals surface area contributed by atoms with Crippen molar-refractivity contribution < 1.29 is 9.59 Å². The van der Waals surface area contributed by atoms with Crippen LogP contribution in [0.5, 0.6) is 0 Å². The summed E-state index contributed by atoms with van der Waals surface area (Å²) in [5.74, 6) is -0.129. The molecule has 1 heterocycles. The van der Waals surface area contributed by atoms with Gasteiger partial charge in [-0.05, 0) is 66.1 Å². The lowest BCUT2D eigenvalue weighted by molar-refractivity contribution is 0.0774. The number of ketones is 1. The van der Waals surface area contributed by atoms with Gasteiger partial charge in [0, 0.05) is 22.1 Å². The number of rotatable bonds is 6. The average Bonchev–Trinajstić information content (AvgIpc) is 3.36.